The van der Waals surface area contributed by atoms with Gasteiger partial charge in [-0.1, -0.05) is 6.92 Å². The molecule has 1 aliphatic heterocycles. The predicted octanol–water partition coefficient (Wildman–Crippen LogP) is 4.61. The Morgan fingerprint density at radius 1 is 1.24 bits per heavy atom. The van der Waals surface area contributed by atoms with Gasteiger partial charge in [-0.25, -0.2) is 4.52 Å². The van der Waals surface area contributed by atoms with Crippen LogP contribution in [0.1, 0.15) is 65.1 Å². The van der Waals surface area contributed by atoms with Gasteiger partial charge in [-0.15, -0.1) is 0 Å². The van der Waals surface area contributed by atoms with E-state index >= 15 is 0 Å². The van der Waals surface area contributed by atoms with Gasteiger partial charge < -0.3 is 24.5 Å². The second-order valence-electron chi connectivity index (χ2n) is 11.1. The smallest absolute Gasteiger partial charge is 0.255 e. The zero-order chi connectivity index (χ0) is 26.8. The maximum Gasteiger partial charge on any atom is 0.255 e. The number of amides is 2. The number of aliphatic hydroxyl groups is 1. The van der Waals surface area contributed by atoms with Gasteiger partial charge in [0.1, 0.15) is 22.6 Å². The number of hydrogen-bond donors (Lipinski definition) is 2. The van der Waals surface area contributed by atoms with Crippen LogP contribution in [0.2, 0.25) is 0 Å². The Hall–Kier alpha value is -3.85. The average Bonchev–Trinajstić information content (AvgIpc) is 3.52. The lowest BCUT2D eigenvalue weighted by atomic mass is 9.81. The summed E-state index contributed by atoms with van der Waals surface area (Å²) in [6, 6.07) is 7.40. The minimum atomic E-state index is -0.867. The molecule has 2 N–H and O–H groups in total. The van der Waals surface area contributed by atoms with Crippen molar-refractivity contribution in [2.24, 2.45) is 5.92 Å². The van der Waals surface area contributed by atoms with Crippen LogP contribution < -0.4 is 10.1 Å². The standard InChI is InChI=1S/C29H32N4O5/c1-16-5-8-22(16)31-27(34)25-18(3)37-24-13-19(6-7-20(24)25)38-23-9-11-30-33-14-21(17(2)26(23)33)28(35)32-12-10-29(4,36)15-32/h6-7,9,11,13-14,16,22,36H,5,8,10,12,15H2,1-4H3,(H,31,34)/t16-,22+,29+/m0/s1. The lowest BCUT2D eigenvalue weighted by Crippen LogP contribution is -2.45. The van der Waals surface area contributed by atoms with Gasteiger partial charge in [0.25, 0.3) is 11.8 Å². The number of carbonyl (C=O) groups excluding carboxylic acids is 2. The molecule has 0 unspecified atom stereocenters. The monoisotopic (exact) mass is 516 g/mol. The van der Waals surface area contributed by atoms with Crippen LogP contribution in [0.15, 0.2) is 41.1 Å². The van der Waals surface area contributed by atoms with Gasteiger partial charge in [-0.2, -0.15) is 5.10 Å². The number of hydrogen-bond acceptors (Lipinski definition) is 6. The van der Waals surface area contributed by atoms with E-state index in [4.69, 9.17) is 9.15 Å². The molecule has 6 rings (SSSR count). The first-order chi connectivity index (χ1) is 18.1. The van der Waals surface area contributed by atoms with Crippen molar-refractivity contribution in [3.8, 4) is 11.5 Å². The molecular formula is C29H32N4O5. The van der Waals surface area contributed by atoms with E-state index in [1.54, 1.807) is 47.8 Å². The number of aromatic nitrogens is 2. The Bertz CT molecular complexity index is 1580. The number of likely N-dealkylation sites (tertiary alicyclic amines) is 1. The van der Waals surface area contributed by atoms with Crippen molar-refractivity contribution in [1.82, 2.24) is 19.8 Å². The summed E-state index contributed by atoms with van der Waals surface area (Å²) in [5.41, 5.74) is 2.23. The number of nitrogens with one attached hydrogen (secondary N) is 1. The molecule has 198 valence electrons. The molecule has 1 aliphatic carbocycles. The van der Waals surface area contributed by atoms with Crippen LogP contribution in [0.5, 0.6) is 11.5 Å². The third-order valence-corrected chi connectivity index (χ3v) is 8.09. The molecule has 0 spiro atoms. The van der Waals surface area contributed by atoms with Gasteiger partial charge in [0.2, 0.25) is 0 Å². The van der Waals surface area contributed by atoms with Gasteiger partial charge in [0, 0.05) is 42.8 Å². The molecule has 2 fully saturated rings. The fourth-order valence-electron chi connectivity index (χ4n) is 5.60. The van der Waals surface area contributed by atoms with Crippen molar-refractivity contribution >= 4 is 28.3 Å². The Kier molecular flexibility index (Phi) is 5.72. The fourth-order valence-corrected chi connectivity index (χ4v) is 5.60. The summed E-state index contributed by atoms with van der Waals surface area (Å²) < 4.78 is 13.9. The van der Waals surface area contributed by atoms with Crippen molar-refractivity contribution in [3.63, 3.8) is 0 Å². The summed E-state index contributed by atoms with van der Waals surface area (Å²) in [5, 5.41) is 18.6. The molecule has 2 amide bonds. The Morgan fingerprint density at radius 2 is 2.05 bits per heavy atom. The quantitative estimate of drug-likeness (QED) is 0.401. The number of aryl methyl sites for hydroxylation is 2. The number of fused-ring (bicyclic) bond motifs is 2. The van der Waals surface area contributed by atoms with Gasteiger partial charge in [-0.05, 0) is 63.6 Å². The number of furan rings is 1. The number of rotatable bonds is 5. The highest BCUT2D eigenvalue weighted by Crippen LogP contribution is 2.35. The number of benzene rings is 1. The molecule has 3 atom stereocenters. The van der Waals surface area contributed by atoms with Gasteiger partial charge in [0.15, 0.2) is 5.75 Å². The van der Waals surface area contributed by atoms with Crippen LogP contribution >= 0.6 is 0 Å². The minimum Gasteiger partial charge on any atom is -0.460 e. The van der Waals surface area contributed by atoms with E-state index in [-0.39, 0.29) is 17.9 Å². The van der Waals surface area contributed by atoms with E-state index in [1.165, 1.54) is 0 Å². The fraction of sp³-hybridized carbons (Fsp3) is 0.414. The second-order valence-corrected chi connectivity index (χ2v) is 11.1. The van der Waals surface area contributed by atoms with Crippen LogP contribution in [-0.2, 0) is 0 Å². The molecule has 9 heteroatoms. The lowest BCUT2D eigenvalue weighted by molar-refractivity contribution is 0.0572. The zero-order valence-electron chi connectivity index (χ0n) is 22.1. The molecule has 1 saturated carbocycles. The molecule has 4 heterocycles. The number of ether oxygens (including phenoxy) is 1. The molecule has 1 aromatic carbocycles. The first-order valence-electron chi connectivity index (χ1n) is 13.1. The molecule has 0 radical (unpaired) electrons. The van der Waals surface area contributed by atoms with Crippen molar-refractivity contribution in [2.45, 2.75) is 58.6 Å². The Balaban J connectivity index is 1.28. The summed E-state index contributed by atoms with van der Waals surface area (Å²) in [7, 11) is 0. The van der Waals surface area contributed by atoms with E-state index in [0.717, 1.165) is 23.8 Å². The van der Waals surface area contributed by atoms with E-state index in [0.29, 0.717) is 64.9 Å². The van der Waals surface area contributed by atoms with Crippen molar-refractivity contribution in [3.05, 3.63) is 59.1 Å². The minimum absolute atomic E-state index is 0.108. The summed E-state index contributed by atoms with van der Waals surface area (Å²) in [6.45, 7) is 8.38. The molecule has 1 saturated heterocycles. The highest BCUT2D eigenvalue weighted by molar-refractivity contribution is 6.07. The highest BCUT2D eigenvalue weighted by Gasteiger charge is 2.35. The van der Waals surface area contributed by atoms with Crippen molar-refractivity contribution in [2.75, 3.05) is 13.1 Å². The van der Waals surface area contributed by atoms with Crippen molar-refractivity contribution in [1.29, 1.82) is 0 Å². The first kappa shape index (κ1) is 24.5. The molecule has 9 nitrogen and oxygen atoms in total. The predicted molar refractivity (Wildman–Crippen MR) is 142 cm³/mol. The maximum atomic E-state index is 13.2. The molecule has 4 aromatic rings. The highest BCUT2D eigenvalue weighted by atomic mass is 16.5. The van der Waals surface area contributed by atoms with E-state index in [9.17, 15) is 14.7 Å². The normalized spacial score (nSPS) is 23.1. The summed E-state index contributed by atoms with van der Waals surface area (Å²) in [6.07, 6.45) is 6.02. The molecule has 0 bridgehead atoms. The Morgan fingerprint density at radius 3 is 2.74 bits per heavy atom. The van der Waals surface area contributed by atoms with Gasteiger partial charge in [0.05, 0.1) is 22.9 Å². The number of carbonyl (C=O) groups is 2. The van der Waals surface area contributed by atoms with Crippen molar-refractivity contribution < 1.29 is 23.8 Å². The van der Waals surface area contributed by atoms with Crippen LogP contribution in [-0.4, -0.2) is 56.2 Å². The molecular weight excluding hydrogens is 484 g/mol. The molecule has 38 heavy (non-hydrogen) atoms. The lowest BCUT2D eigenvalue weighted by Gasteiger charge is -2.34. The SMILES string of the molecule is Cc1oc2cc(Oc3ccnn4cc(C(=O)N5CC[C@@](C)(O)C5)c(C)c34)ccc2c1C(=O)N[C@@H]1CC[C@@H]1C. The van der Waals surface area contributed by atoms with Gasteiger partial charge in [-0.3, -0.25) is 9.59 Å². The van der Waals surface area contributed by atoms with Gasteiger partial charge >= 0.3 is 0 Å². The third-order valence-electron chi connectivity index (χ3n) is 8.09. The summed E-state index contributed by atoms with van der Waals surface area (Å²) in [4.78, 5) is 27.9. The van der Waals surface area contributed by atoms with E-state index < -0.39 is 5.60 Å². The number of nitrogens with zero attached hydrogens (tertiary/aromatic N) is 3. The maximum absolute atomic E-state index is 13.2. The topological polar surface area (TPSA) is 109 Å². The molecule has 2 aliphatic rings. The third kappa shape index (κ3) is 4.11. The summed E-state index contributed by atoms with van der Waals surface area (Å²) in [5.74, 6) is 1.91. The second kappa shape index (κ2) is 8.87. The van der Waals surface area contributed by atoms with E-state index in [2.05, 4.69) is 17.3 Å². The average molecular weight is 517 g/mol. The zero-order valence-corrected chi connectivity index (χ0v) is 22.1. The van der Waals surface area contributed by atoms with Crippen LogP contribution in [0.4, 0.5) is 0 Å². The Labute approximate surface area is 220 Å². The summed E-state index contributed by atoms with van der Waals surface area (Å²) >= 11 is 0. The van der Waals surface area contributed by atoms with E-state index in [1.807, 2.05) is 19.1 Å². The van der Waals surface area contributed by atoms with Crippen LogP contribution in [0.25, 0.3) is 16.5 Å². The molecule has 3 aromatic heterocycles. The van der Waals surface area contributed by atoms with Crippen LogP contribution in [0, 0.1) is 19.8 Å². The number of β-amino-alcohol motifs (C(OH)–C–C–N with tert-alkyl or cyclic N) is 1. The first-order valence-corrected chi connectivity index (χ1v) is 13.1. The largest absolute Gasteiger partial charge is 0.460 e. The van der Waals surface area contributed by atoms with Crippen LogP contribution in [0.3, 0.4) is 0 Å².